The van der Waals surface area contributed by atoms with Crippen LogP contribution in [0, 0.1) is 12.8 Å². The molecule has 0 saturated carbocycles. The summed E-state index contributed by atoms with van der Waals surface area (Å²) in [5.74, 6) is 2.59. The number of aryl methyl sites for hydroxylation is 1. The van der Waals surface area contributed by atoms with Gasteiger partial charge in [-0.1, -0.05) is 53.2 Å². The second-order valence-electron chi connectivity index (χ2n) is 8.95. The van der Waals surface area contributed by atoms with E-state index in [-0.39, 0.29) is 11.8 Å². The highest BCUT2D eigenvalue weighted by atomic mass is 16.5. The molecule has 2 aromatic carbocycles. The van der Waals surface area contributed by atoms with E-state index in [1.165, 1.54) is 5.56 Å². The lowest BCUT2D eigenvalue weighted by Gasteiger charge is -2.32. The number of pyridine rings is 1. The summed E-state index contributed by atoms with van der Waals surface area (Å²) in [6.07, 6.45) is 3.25. The molecule has 3 heterocycles. The average molecular weight is 484 g/mol. The normalized spacial score (nSPS) is 14.0. The summed E-state index contributed by atoms with van der Waals surface area (Å²) < 4.78 is 11.0. The molecule has 0 spiro atoms. The van der Waals surface area contributed by atoms with Crippen LogP contribution >= 0.6 is 0 Å². The monoisotopic (exact) mass is 483 g/mol. The molecule has 8 nitrogen and oxygen atoms in total. The second-order valence-corrected chi connectivity index (χ2v) is 8.95. The first-order valence-electron chi connectivity index (χ1n) is 12.1. The standard InChI is InChI=1S/C28H29N5O3/c1-19-9-11-20(12-10-19)25-31-28(36-32-25)23-7-5-15-29-26(23)33-16-13-21(14-17-33)27(34)30-18-22-6-3-4-8-24(22)35-2/h3-12,15,21H,13-14,16-18H2,1-2H3,(H,30,34). The van der Waals surface area contributed by atoms with Crippen LogP contribution in [0.25, 0.3) is 22.8 Å². The zero-order valence-corrected chi connectivity index (χ0v) is 20.5. The van der Waals surface area contributed by atoms with E-state index in [4.69, 9.17) is 9.26 Å². The topological polar surface area (TPSA) is 93.4 Å². The summed E-state index contributed by atoms with van der Waals surface area (Å²) in [5, 5.41) is 7.25. The van der Waals surface area contributed by atoms with Gasteiger partial charge in [-0.05, 0) is 38.0 Å². The predicted molar refractivity (Wildman–Crippen MR) is 137 cm³/mol. The largest absolute Gasteiger partial charge is 0.496 e. The molecule has 8 heteroatoms. The lowest BCUT2D eigenvalue weighted by molar-refractivity contribution is -0.125. The summed E-state index contributed by atoms with van der Waals surface area (Å²) in [6, 6.07) is 19.6. The van der Waals surface area contributed by atoms with E-state index in [0.29, 0.717) is 18.3 Å². The van der Waals surface area contributed by atoms with Crippen molar-refractivity contribution in [3.05, 3.63) is 78.0 Å². The van der Waals surface area contributed by atoms with Crippen molar-refractivity contribution in [2.24, 2.45) is 5.92 Å². The first-order valence-corrected chi connectivity index (χ1v) is 12.1. The number of hydrogen-bond acceptors (Lipinski definition) is 7. The SMILES string of the molecule is COc1ccccc1CNC(=O)C1CCN(c2ncccc2-c2nc(-c3ccc(C)cc3)no2)CC1. The van der Waals surface area contributed by atoms with Crippen LogP contribution in [-0.4, -0.2) is 41.2 Å². The fourth-order valence-electron chi connectivity index (χ4n) is 4.50. The minimum atomic E-state index is -0.0420. The van der Waals surface area contributed by atoms with Gasteiger partial charge in [-0.15, -0.1) is 0 Å². The summed E-state index contributed by atoms with van der Waals surface area (Å²) in [7, 11) is 1.64. The van der Waals surface area contributed by atoms with Gasteiger partial charge >= 0.3 is 0 Å². The molecule has 1 amide bonds. The number of ether oxygens (including phenoxy) is 1. The van der Waals surface area contributed by atoms with E-state index in [1.807, 2.05) is 67.6 Å². The third kappa shape index (κ3) is 5.07. The molecule has 0 atom stereocenters. The highest BCUT2D eigenvalue weighted by Gasteiger charge is 2.28. The molecule has 1 saturated heterocycles. The molecule has 0 aliphatic carbocycles. The van der Waals surface area contributed by atoms with Crippen molar-refractivity contribution >= 4 is 11.7 Å². The molecule has 0 bridgehead atoms. The van der Waals surface area contributed by atoms with Crippen molar-refractivity contribution in [2.45, 2.75) is 26.3 Å². The maximum Gasteiger partial charge on any atom is 0.261 e. The van der Waals surface area contributed by atoms with E-state index in [2.05, 4.69) is 25.3 Å². The molecule has 2 aromatic heterocycles. The number of carbonyl (C=O) groups is 1. The first-order chi connectivity index (χ1) is 17.6. The molecular weight excluding hydrogens is 454 g/mol. The number of rotatable bonds is 7. The zero-order chi connectivity index (χ0) is 24.9. The van der Waals surface area contributed by atoms with Crippen molar-refractivity contribution in [3.63, 3.8) is 0 Å². The van der Waals surface area contributed by atoms with Gasteiger partial charge in [0.15, 0.2) is 0 Å². The van der Waals surface area contributed by atoms with Gasteiger partial charge in [0.05, 0.1) is 12.7 Å². The van der Waals surface area contributed by atoms with Gasteiger partial charge in [0, 0.05) is 42.9 Å². The number of aromatic nitrogens is 3. The highest BCUT2D eigenvalue weighted by molar-refractivity contribution is 5.79. The Labute approximate surface area is 210 Å². The van der Waals surface area contributed by atoms with Crippen molar-refractivity contribution in [2.75, 3.05) is 25.1 Å². The quantitative estimate of drug-likeness (QED) is 0.409. The van der Waals surface area contributed by atoms with Gasteiger partial charge in [-0.25, -0.2) is 4.98 Å². The van der Waals surface area contributed by atoms with Gasteiger partial charge in [-0.2, -0.15) is 4.98 Å². The number of amides is 1. The summed E-state index contributed by atoms with van der Waals surface area (Å²) in [4.78, 5) is 24.3. The van der Waals surface area contributed by atoms with E-state index >= 15 is 0 Å². The van der Waals surface area contributed by atoms with Gasteiger partial charge in [0.2, 0.25) is 11.7 Å². The van der Waals surface area contributed by atoms with Crippen LogP contribution in [0.3, 0.4) is 0 Å². The summed E-state index contributed by atoms with van der Waals surface area (Å²) in [5.41, 5.74) is 3.84. The number of nitrogens with zero attached hydrogens (tertiary/aromatic N) is 4. The smallest absolute Gasteiger partial charge is 0.261 e. The molecule has 1 N–H and O–H groups in total. The van der Waals surface area contributed by atoms with Crippen molar-refractivity contribution < 1.29 is 14.1 Å². The van der Waals surface area contributed by atoms with E-state index in [9.17, 15) is 4.79 Å². The maximum atomic E-state index is 12.8. The Bertz CT molecular complexity index is 1330. The number of piperidine rings is 1. The van der Waals surface area contributed by atoms with Crippen LogP contribution in [-0.2, 0) is 11.3 Å². The minimum absolute atomic E-state index is 0.0420. The Morgan fingerprint density at radius 1 is 1.08 bits per heavy atom. The second kappa shape index (κ2) is 10.6. The Balaban J connectivity index is 1.24. The van der Waals surface area contributed by atoms with Crippen LogP contribution in [0.1, 0.15) is 24.0 Å². The van der Waals surface area contributed by atoms with Crippen molar-refractivity contribution in [1.82, 2.24) is 20.4 Å². The molecule has 0 unspecified atom stereocenters. The van der Waals surface area contributed by atoms with E-state index < -0.39 is 0 Å². The number of carbonyl (C=O) groups excluding carboxylic acids is 1. The van der Waals surface area contributed by atoms with Crippen LogP contribution in [0.4, 0.5) is 5.82 Å². The number of para-hydroxylation sites is 1. The third-order valence-corrected chi connectivity index (χ3v) is 6.56. The zero-order valence-electron chi connectivity index (χ0n) is 20.5. The van der Waals surface area contributed by atoms with Crippen molar-refractivity contribution in [1.29, 1.82) is 0 Å². The fourth-order valence-corrected chi connectivity index (χ4v) is 4.50. The highest BCUT2D eigenvalue weighted by Crippen LogP contribution is 2.32. The van der Waals surface area contributed by atoms with E-state index in [1.54, 1.807) is 13.3 Å². The van der Waals surface area contributed by atoms with Gasteiger partial charge in [0.1, 0.15) is 11.6 Å². The molecule has 1 aliphatic heterocycles. The fraction of sp³-hybridized carbons (Fsp3) is 0.286. The minimum Gasteiger partial charge on any atom is -0.496 e. The number of benzene rings is 2. The Morgan fingerprint density at radius 3 is 2.64 bits per heavy atom. The summed E-state index contributed by atoms with van der Waals surface area (Å²) >= 11 is 0. The molecule has 184 valence electrons. The van der Waals surface area contributed by atoms with Gasteiger partial charge in [0.25, 0.3) is 5.89 Å². The molecular formula is C28H29N5O3. The van der Waals surface area contributed by atoms with Crippen LogP contribution in [0.15, 0.2) is 71.4 Å². The van der Waals surface area contributed by atoms with Crippen LogP contribution < -0.4 is 15.0 Å². The van der Waals surface area contributed by atoms with Crippen LogP contribution in [0.2, 0.25) is 0 Å². The lowest BCUT2D eigenvalue weighted by atomic mass is 9.95. The maximum absolute atomic E-state index is 12.8. The number of nitrogens with one attached hydrogen (secondary N) is 1. The Hall–Kier alpha value is -4.20. The number of anilines is 1. The molecule has 1 aliphatic rings. The van der Waals surface area contributed by atoms with Gasteiger partial charge in [-0.3, -0.25) is 4.79 Å². The molecule has 0 radical (unpaired) electrons. The van der Waals surface area contributed by atoms with Gasteiger partial charge < -0.3 is 19.5 Å². The predicted octanol–water partition coefficient (Wildman–Crippen LogP) is 4.65. The lowest BCUT2D eigenvalue weighted by Crippen LogP contribution is -2.40. The van der Waals surface area contributed by atoms with Crippen molar-refractivity contribution in [3.8, 4) is 28.6 Å². The number of hydrogen-bond donors (Lipinski definition) is 1. The third-order valence-electron chi connectivity index (χ3n) is 6.56. The Kier molecular flexibility index (Phi) is 6.93. The van der Waals surface area contributed by atoms with E-state index in [0.717, 1.165) is 54.2 Å². The Morgan fingerprint density at radius 2 is 1.86 bits per heavy atom. The molecule has 36 heavy (non-hydrogen) atoms. The first kappa shape index (κ1) is 23.5. The molecule has 4 aromatic rings. The molecule has 5 rings (SSSR count). The summed E-state index contributed by atoms with van der Waals surface area (Å²) in [6.45, 7) is 3.93. The van der Waals surface area contributed by atoms with Crippen LogP contribution in [0.5, 0.6) is 5.75 Å². The average Bonchev–Trinajstić information content (AvgIpc) is 3.42. The number of methoxy groups -OCH3 is 1. The molecule has 1 fully saturated rings.